The van der Waals surface area contributed by atoms with Crippen LogP contribution in [0.1, 0.15) is 6.42 Å². The lowest BCUT2D eigenvalue weighted by molar-refractivity contribution is -0.335. The van der Waals surface area contributed by atoms with Crippen LogP contribution in [0.15, 0.2) is 0 Å². The normalized spacial score (nSPS) is 54.8. The average molecular weight is 322 g/mol. The Balaban J connectivity index is 1.68. The smallest absolute Gasteiger partial charge is 0.189 e. The lowest BCUT2D eigenvalue weighted by Crippen LogP contribution is -2.64. The second-order valence-electron chi connectivity index (χ2n) is 6.14. The van der Waals surface area contributed by atoms with E-state index >= 15 is 0 Å². The molecule has 2 saturated heterocycles. The fourth-order valence-corrected chi connectivity index (χ4v) is 3.15. The van der Waals surface area contributed by atoms with E-state index in [9.17, 15) is 19.7 Å². The number of nitrogens with one attached hydrogen (secondary N) is 1. The van der Waals surface area contributed by atoms with Gasteiger partial charge in [0.15, 0.2) is 12.6 Å². The van der Waals surface area contributed by atoms with Crippen LogP contribution in [-0.2, 0) is 14.2 Å². The highest BCUT2D eigenvalue weighted by Crippen LogP contribution is 2.44. The first-order chi connectivity index (χ1) is 10.5. The molecule has 0 aromatic carbocycles. The average Bonchev–Trinajstić information content (AvgIpc) is 3.28. The number of aliphatic hydroxyl groups is 3. The van der Waals surface area contributed by atoms with Crippen LogP contribution in [0.3, 0.4) is 0 Å². The molecule has 0 bridgehead atoms. The number of hydrogen-bond acceptors (Lipinski definition) is 8. The molecule has 9 heteroatoms. The number of likely N-dealkylation sites (N-methyl/N-ethyl adjacent to an activating group) is 1. The molecule has 22 heavy (non-hydrogen) atoms. The molecule has 0 spiro atoms. The third kappa shape index (κ3) is 2.76. The van der Waals surface area contributed by atoms with E-state index < -0.39 is 55.8 Å². The van der Waals surface area contributed by atoms with Gasteiger partial charge in [-0.25, -0.2) is 4.39 Å². The van der Waals surface area contributed by atoms with Crippen molar-refractivity contribution in [3.63, 3.8) is 0 Å². The molecule has 128 valence electrons. The number of alkyl halides is 1. The Kier molecular flexibility index (Phi) is 4.68. The Morgan fingerprint density at radius 3 is 2.55 bits per heavy atom. The predicted octanol–water partition coefficient (Wildman–Crippen LogP) is -2.56. The van der Waals surface area contributed by atoms with Gasteiger partial charge in [0.1, 0.15) is 25.0 Å². The summed E-state index contributed by atoms with van der Waals surface area (Å²) >= 11 is 0. The van der Waals surface area contributed by atoms with E-state index in [0.717, 1.165) is 6.42 Å². The molecule has 0 aromatic heterocycles. The topological polar surface area (TPSA) is 126 Å². The number of fused-ring (bicyclic) bond motifs is 1. The lowest BCUT2D eigenvalue weighted by atomic mass is 9.97. The summed E-state index contributed by atoms with van der Waals surface area (Å²) in [5.74, 6) is 0.0760. The van der Waals surface area contributed by atoms with Gasteiger partial charge < -0.3 is 40.6 Å². The molecule has 2 heterocycles. The van der Waals surface area contributed by atoms with Gasteiger partial charge in [0.25, 0.3) is 0 Å². The van der Waals surface area contributed by atoms with Crippen LogP contribution in [0.4, 0.5) is 4.39 Å². The minimum atomic E-state index is -1.42. The van der Waals surface area contributed by atoms with Gasteiger partial charge in [-0.3, -0.25) is 0 Å². The summed E-state index contributed by atoms with van der Waals surface area (Å²) in [5, 5.41) is 33.0. The highest BCUT2D eigenvalue weighted by Gasteiger charge is 2.56. The molecule has 8 nitrogen and oxygen atoms in total. The van der Waals surface area contributed by atoms with Crippen molar-refractivity contribution in [1.29, 1.82) is 0 Å². The molecule has 0 radical (unpaired) electrons. The van der Waals surface area contributed by atoms with Gasteiger partial charge in [0.05, 0.1) is 24.3 Å². The number of hydrogen-bond donors (Lipinski definition) is 5. The maximum Gasteiger partial charge on any atom is 0.189 e. The fraction of sp³-hybridized carbons (Fsp3) is 1.00. The molecule has 0 aromatic rings. The van der Waals surface area contributed by atoms with E-state index in [-0.39, 0.29) is 12.0 Å². The minimum absolute atomic E-state index is 0.0760. The summed E-state index contributed by atoms with van der Waals surface area (Å²) in [6.07, 6.45) is -5.99. The molecule has 3 aliphatic rings. The summed E-state index contributed by atoms with van der Waals surface area (Å²) in [5.41, 5.74) is 5.61. The minimum Gasteiger partial charge on any atom is -0.391 e. The number of rotatable bonds is 4. The second kappa shape index (κ2) is 6.25. The predicted molar refractivity (Wildman–Crippen MR) is 71.3 cm³/mol. The van der Waals surface area contributed by atoms with Crippen LogP contribution in [0.5, 0.6) is 0 Å². The van der Waals surface area contributed by atoms with Gasteiger partial charge in [-0.1, -0.05) is 0 Å². The van der Waals surface area contributed by atoms with Crippen molar-refractivity contribution in [2.24, 2.45) is 11.7 Å². The highest BCUT2D eigenvalue weighted by molar-refractivity contribution is 5.03. The van der Waals surface area contributed by atoms with Gasteiger partial charge in [-0.05, 0) is 13.5 Å². The first-order valence-corrected chi connectivity index (χ1v) is 7.47. The van der Waals surface area contributed by atoms with Crippen LogP contribution < -0.4 is 11.1 Å². The molecule has 2 aliphatic heterocycles. The molecule has 6 N–H and O–H groups in total. The molecule has 1 saturated carbocycles. The lowest BCUT2D eigenvalue weighted by Gasteiger charge is -2.43. The zero-order chi connectivity index (χ0) is 16.0. The standard InChI is InChI=1S/C13H23FN2O6/c1-16-8-9(17)4-2-5(4)20-12(8)22-13-11(19)10(18)7(15)6(3-14)21-13/h4-13,16-19H,2-3,15H2,1H3/t4-,5-,6?,7?,8?,9?,10?,11?,12?,13?/m0/s1. The van der Waals surface area contributed by atoms with Crippen molar-refractivity contribution in [2.45, 2.75) is 61.6 Å². The first kappa shape index (κ1) is 16.5. The van der Waals surface area contributed by atoms with Crippen molar-refractivity contribution in [3.05, 3.63) is 0 Å². The van der Waals surface area contributed by atoms with E-state index in [1.165, 1.54) is 0 Å². The van der Waals surface area contributed by atoms with Crippen LogP contribution in [0, 0.1) is 5.92 Å². The van der Waals surface area contributed by atoms with Gasteiger partial charge in [0, 0.05) is 5.92 Å². The van der Waals surface area contributed by atoms with Gasteiger partial charge in [-0.2, -0.15) is 0 Å². The van der Waals surface area contributed by atoms with Gasteiger partial charge >= 0.3 is 0 Å². The third-order valence-corrected chi connectivity index (χ3v) is 4.70. The number of aliphatic hydroxyl groups excluding tert-OH is 3. The van der Waals surface area contributed by atoms with E-state index in [1.54, 1.807) is 7.05 Å². The zero-order valence-electron chi connectivity index (χ0n) is 12.2. The van der Waals surface area contributed by atoms with Gasteiger partial charge in [-0.15, -0.1) is 0 Å². The Morgan fingerprint density at radius 1 is 1.18 bits per heavy atom. The van der Waals surface area contributed by atoms with E-state index in [2.05, 4.69) is 5.32 Å². The van der Waals surface area contributed by atoms with Crippen LogP contribution in [0.25, 0.3) is 0 Å². The molecule has 8 unspecified atom stereocenters. The first-order valence-electron chi connectivity index (χ1n) is 7.47. The van der Waals surface area contributed by atoms with Crippen molar-refractivity contribution >= 4 is 0 Å². The Bertz CT molecular complexity index is 403. The quantitative estimate of drug-likeness (QED) is 0.383. The third-order valence-electron chi connectivity index (χ3n) is 4.70. The molecule has 0 amide bonds. The van der Waals surface area contributed by atoms with E-state index in [4.69, 9.17) is 19.9 Å². The van der Waals surface area contributed by atoms with Crippen molar-refractivity contribution in [1.82, 2.24) is 5.32 Å². The van der Waals surface area contributed by atoms with Gasteiger partial charge in [0.2, 0.25) is 0 Å². The molecule has 1 aliphatic carbocycles. The van der Waals surface area contributed by atoms with Crippen LogP contribution in [0.2, 0.25) is 0 Å². The Morgan fingerprint density at radius 2 is 1.91 bits per heavy atom. The molecule has 10 atom stereocenters. The molecular formula is C13H23FN2O6. The summed E-state index contributed by atoms with van der Waals surface area (Å²) < 4.78 is 29.4. The Hall–Kier alpha value is -0.390. The monoisotopic (exact) mass is 322 g/mol. The maximum atomic E-state index is 12.9. The molecular weight excluding hydrogens is 299 g/mol. The second-order valence-corrected chi connectivity index (χ2v) is 6.14. The Labute approximate surface area is 127 Å². The fourth-order valence-electron chi connectivity index (χ4n) is 3.15. The van der Waals surface area contributed by atoms with E-state index in [1.807, 2.05) is 0 Å². The van der Waals surface area contributed by atoms with Crippen LogP contribution in [-0.4, -0.2) is 84.2 Å². The highest BCUT2D eigenvalue weighted by atomic mass is 19.1. The largest absolute Gasteiger partial charge is 0.391 e. The van der Waals surface area contributed by atoms with Crippen molar-refractivity contribution in [3.8, 4) is 0 Å². The van der Waals surface area contributed by atoms with Crippen LogP contribution >= 0.6 is 0 Å². The zero-order valence-corrected chi connectivity index (χ0v) is 12.2. The maximum absolute atomic E-state index is 12.9. The number of ether oxygens (including phenoxy) is 3. The molecule has 3 fully saturated rings. The summed E-state index contributed by atoms with van der Waals surface area (Å²) in [6.45, 7) is -0.904. The summed E-state index contributed by atoms with van der Waals surface area (Å²) in [4.78, 5) is 0. The summed E-state index contributed by atoms with van der Waals surface area (Å²) in [7, 11) is 1.66. The number of nitrogens with two attached hydrogens (primary N) is 1. The SMILES string of the molecule is CNC1C(OC2OC(CF)C(N)C(O)C2O)O[C@H]2C[C@@H]2C1O. The summed E-state index contributed by atoms with van der Waals surface area (Å²) in [6, 6.07) is -1.54. The van der Waals surface area contributed by atoms with Crippen molar-refractivity contribution < 1.29 is 33.9 Å². The number of halogens is 1. The van der Waals surface area contributed by atoms with E-state index in [0.29, 0.717) is 0 Å². The molecule has 3 rings (SSSR count). The van der Waals surface area contributed by atoms with Crippen molar-refractivity contribution in [2.75, 3.05) is 13.7 Å².